The van der Waals surface area contributed by atoms with E-state index >= 15 is 0 Å². The van der Waals surface area contributed by atoms with Gasteiger partial charge in [0.05, 0.1) is 24.8 Å². The minimum atomic E-state index is 0.00900. The lowest BCUT2D eigenvalue weighted by Gasteiger charge is -2.21. The average Bonchev–Trinajstić information content (AvgIpc) is 2.82. The average molecular weight is 266 g/mol. The highest BCUT2D eigenvalue weighted by Gasteiger charge is 2.32. The van der Waals surface area contributed by atoms with Gasteiger partial charge < -0.3 is 10.1 Å². The van der Waals surface area contributed by atoms with Crippen LogP contribution in [0.1, 0.15) is 53.3 Å². The van der Waals surface area contributed by atoms with Crippen LogP contribution in [0.5, 0.6) is 0 Å². The van der Waals surface area contributed by atoms with Crippen molar-refractivity contribution in [3.05, 3.63) is 12.2 Å². The monoisotopic (exact) mass is 266 g/mol. The summed E-state index contributed by atoms with van der Waals surface area (Å²) in [5.41, 5.74) is 0.0949. The number of hydrogen-bond acceptors (Lipinski definition) is 4. The topological polar surface area (TPSA) is 52.0 Å². The lowest BCUT2D eigenvalue weighted by Crippen LogP contribution is -2.36. The molecule has 5 heteroatoms. The van der Waals surface area contributed by atoms with Crippen molar-refractivity contribution in [3.63, 3.8) is 0 Å². The Balaban J connectivity index is 1.93. The predicted octanol–water partition coefficient (Wildman–Crippen LogP) is 2.12. The van der Waals surface area contributed by atoms with E-state index in [9.17, 15) is 0 Å². The second kappa shape index (κ2) is 5.21. The zero-order chi connectivity index (χ0) is 14.1. The van der Waals surface area contributed by atoms with Crippen molar-refractivity contribution < 1.29 is 4.74 Å². The molecule has 5 nitrogen and oxygen atoms in total. The molecule has 0 aromatic carbocycles. The molecule has 1 aromatic rings. The fourth-order valence-corrected chi connectivity index (χ4v) is 2.32. The van der Waals surface area contributed by atoms with Crippen molar-refractivity contribution in [3.8, 4) is 0 Å². The van der Waals surface area contributed by atoms with E-state index < -0.39 is 0 Å². The van der Waals surface area contributed by atoms with Crippen LogP contribution >= 0.6 is 0 Å². The fourth-order valence-electron chi connectivity index (χ4n) is 2.32. The first-order valence-electron chi connectivity index (χ1n) is 7.05. The molecule has 2 heterocycles. The molecule has 1 atom stereocenters. The maximum absolute atomic E-state index is 6.01. The number of rotatable bonds is 4. The van der Waals surface area contributed by atoms with E-state index in [1.54, 1.807) is 6.33 Å². The van der Waals surface area contributed by atoms with Crippen LogP contribution in [0.4, 0.5) is 0 Å². The van der Waals surface area contributed by atoms with Crippen LogP contribution in [0, 0.1) is 0 Å². The summed E-state index contributed by atoms with van der Waals surface area (Å²) < 4.78 is 7.98. The standard InChI is InChI=1S/C14H26N4O/c1-13(2,3)16-8-12-15-10-17-18(12)9-11-6-7-14(4,5)19-11/h10-11,16H,6-9H2,1-5H3. The highest BCUT2D eigenvalue weighted by atomic mass is 16.5. The summed E-state index contributed by atoms with van der Waals surface area (Å²) in [7, 11) is 0. The lowest BCUT2D eigenvalue weighted by molar-refractivity contribution is -0.0233. The Bertz CT molecular complexity index is 419. The molecule has 1 saturated heterocycles. The molecule has 0 amide bonds. The minimum absolute atomic E-state index is 0.00900. The van der Waals surface area contributed by atoms with Crippen molar-refractivity contribution >= 4 is 0 Å². The second-order valence-electron chi connectivity index (χ2n) is 7.00. The van der Waals surface area contributed by atoms with Crippen LogP contribution in [0.3, 0.4) is 0 Å². The highest BCUT2D eigenvalue weighted by Crippen LogP contribution is 2.30. The van der Waals surface area contributed by atoms with Crippen LogP contribution in [0.25, 0.3) is 0 Å². The Labute approximate surface area is 115 Å². The Morgan fingerprint density at radius 2 is 2.21 bits per heavy atom. The first-order valence-corrected chi connectivity index (χ1v) is 7.05. The van der Waals surface area contributed by atoms with E-state index in [1.165, 1.54) is 0 Å². The fraction of sp³-hybridized carbons (Fsp3) is 0.857. The van der Waals surface area contributed by atoms with Crippen LogP contribution in [-0.2, 0) is 17.8 Å². The first kappa shape index (κ1) is 14.5. The van der Waals surface area contributed by atoms with E-state index in [2.05, 4.69) is 50.0 Å². The molecule has 1 unspecified atom stereocenters. The smallest absolute Gasteiger partial charge is 0.140 e. The van der Waals surface area contributed by atoms with Gasteiger partial charge in [-0.3, -0.25) is 0 Å². The van der Waals surface area contributed by atoms with Crippen molar-refractivity contribution in [1.82, 2.24) is 20.1 Å². The molecule has 19 heavy (non-hydrogen) atoms. The molecular weight excluding hydrogens is 240 g/mol. The van der Waals surface area contributed by atoms with Crippen molar-refractivity contribution in [2.45, 2.75) is 77.8 Å². The molecule has 0 spiro atoms. The van der Waals surface area contributed by atoms with Gasteiger partial charge in [-0.2, -0.15) is 5.10 Å². The Hall–Kier alpha value is -0.940. The van der Waals surface area contributed by atoms with Crippen molar-refractivity contribution in [2.24, 2.45) is 0 Å². The number of nitrogens with zero attached hydrogens (tertiary/aromatic N) is 3. The van der Waals surface area contributed by atoms with Gasteiger partial charge in [-0.15, -0.1) is 0 Å². The third kappa shape index (κ3) is 4.28. The van der Waals surface area contributed by atoms with Gasteiger partial charge in [0.1, 0.15) is 12.2 Å². The van der Waals surface area contributed by atoms with Crippen LogP contribution in [0.15, 0.2) is 6.33 Å². The van der Waals surface area contributed by atoms with Crippen molar-refractivity contribution in [2.75, 3.05) is 0 Å². The molecule has 1 aliphatic rings. The quantitative estimate of drug-likeness (QED) is 0.907. The molecule has 1 N–H and O–H groups in total. The minimum Gasteiger partial charge on any atom is -0.370 e. The number of ether oxygens (including phenoxy) is 1. The third-order valence-corrected chi connectivity index (χ3v) is 3.40. The zero-order valence-corrected chi connectivity index (χ0v) is 12.7. The van der Waals surface area contributed by atoms with Gasteiger partial charge in [-0.1, -0.05) is 0 Å². The normalized spacial score (nSPS) is 22.9. The molecule has 1 aliphatic heterocycles. The van der Waals surface area contributed by atoms with Gasteiger partial charge in [-0.25, -0.2) is 9.67 Å². The van der Waals surface area contributed by atoms with Gasteiger partial charge in [0.2, 0.25) is 0 Å². The molecule has 0 radical (unpaired) electrons. The summed E-state index contributed by atoms with van der Waals surface area (Å²) in [6.07, 6.45) is 4.09. The van der Waals surface area contributed by atoms with Gasteiger partial charge in [0.15, 0.2) is 0 Å². The van der Waals surface area contributed by atoms with Gasteiger partial charge in [0.25, 0.3) is 0 Å². The van der Waals surface area contributed by atoms with E-state index in [-0.39, 0.29) is 17.2 Å². The largest absolute Gasteiger partial charge is 0.370 e. The SMILES string of the molecule is CC(C)(C)NCc1ncnn1CC1CCC(C)(C)O1. The van der Waals surface area contributed by atoms with Gasteiger partial charge >= 0.3 is 0 Å². The van der Waals surface area contributed by atoms with E-state index in [4.69, 9.17) is 4.74 Å². The number of aromatic nitrogens is 3. The Kier molecular flexibility index (Phi) is 3.97. The molecule has 1 fully saturated rings. The van der Waals surface area contributed by atoms with Gasteiger partial charge in [0, 0.05) is 5.54 Å². The van der Waals surface area contributed by atoms with E-state index in [0.29, 0.717) is 0 Å². The first-order chi connectivity index (χ1) is 8.75. The van der Waals surface area contributed by atoms with Crippen molar-refractivity contribution in [1.29, 1.82) is 0 Å². The van der Waals surface area contributed by atoms with E-state index in [0.717, 1.165) is 31.8 Å². The lowest BCUT2D eigenvalue weighted by atomic mass is 10.1. The second-order valence-corrected chi connectivity index (χ2v) is 7.00. The summed E-state index contributed by atoms with van der Waals surface area (Å²) in [6, 6.07) is 0. The van der Waals surface area contributed by atoms with E-state index in [1.807, 2.05) is 4.68 Å². The Morgan fingerprint density at radius 3 is 2.79 bits per heavy atom. The summed E-state index contributed by atoms with van der Waals surface area (Å²) in [6.45, 7) is 12.3. The molecular formula is C14H26N4O. The van der Waals surface area contributed by atoms with Crippen LogP contribution in [-0.4, -0.2) is 32.0 Å². The summed E-state index contributed by atoms with van der Waals surface area (Å²) >= 11 is 0. The molecule has 2 rings (SSSR count). The number of nitrogens with one attached hydrogen (secondary N) is 1. The predicted molar refractivity (Wildman–Crippen MR) is 74.8 cm³/mol. The maximum atomic E-state index is 6.01. The number of hydrogen-bond donors (Lipinski definition) is 1. The summed E-state index contributed by atoms with van der Waals surface area (Å²) in [5, 5.41) is 7.76. The molecule has 1 aromatic heterocycles. The maximum Gasteiger partial charge on any atom is 0.140 e. The summed E-state index contributed by atoms with van der Waals surface area (Å²) in [5.74, 6) is 0.975. The third-order valence-electron chi connectivity index (χ3n) is 3.40. The Morgan fingerprint density at radius 1 is 1.47 bits per heavy atom. The molecule has 108 valence electrons. The zero-order valence-electron chi connectivity index (χ0n) is 12.7. The van der Waals surface area contributed by atoms with Gasteiger partial charge in [-0.05, 0) is 47.5 Å². The highest BCUT2D eigenvalue weighted by molar-refractivity contribution is 4.89. The van der Waals surface area contributed by atoms with Crippen LogP contribution < -0.4 is 5.32 Å². The summed E-state index contributed by atoms with van der Waals surface area (Å²) in [4.78, 5) is 4.33. The molecule has 0 saturated carbocycles. The molecule has 0 bridgehead atoms. The van der Waals surface area contributed by atoms with Crippen LogP contribution in [0.2, 0.25) is 0 Å². The molecule has 0 aliphatic carbocycles.